The molecule has 0 saturated carbocycles. The minimum absolute atomic E-state index is 0.0227. The molecule has 1 amide bonds. The SMILES string of the molecule is CCCCOc1nc(N)c2[nH]c(=O)n(CCCN(Cc3ccc(CC(=O)OC)cc3)C(=O)CN(C)C3CCN(C)CC3)c2n1. The molecule has 3 heterocycles. The van der Waals surface area contributed by atoms with Crippen molar-refractivity contribution < 1.29 is 19.1 Å². The summed E-state index contributed by atoms with van der Waals surface area (Å²) in [7, 11) is 5.51. The Hall–Kier alpha value is -3.97. The minimum Gasteiger partial charge on any atom is -0.469 e. The molecule has 0 unspecified atom stereocenters. The Kier molecular flexibility index (Phi) is 11.7. The van der Waals surface area contributed by atoms with Crippen molar-refractivity contribution in [1.29, 1.82) is 0 Å². The number of esters is 1. The maximum Gasteiger partial charge on any atom is 0.327 e. The average Bonchev–Trinajstić information content (AvgIpc) is 3.33. The number of nitrogen functional groups attached to an aromatic ring is 1. The summed E-state index contributed by atoms with van der Waals surface area (Å²) in [5.74, 6) is -0.123. The van der Waals surface area contributed by atoms with Gasteiger partial charge in [0.15, 0.2) is 11.5 Å². The molecule has 0 spiro atoms. The van der Waals surface area contributed by atoms with E-state index in [1.165, 1.54) is 11.7 Å². The number of unbranched alkanes of at least 4 members (excludes halogenated alkanes) is 1. The van der Waals surface area contributed by atoms with Gasteiger partial charge in [-0.25, -0.2) is 4.79 Å². The quantitative estimate of drug-likeness (QED) is 0.193. The monoisotopic (exact) mass is 610 g/mol. The molecule has 1 aliphatic heterocycles. The van der Waals surface area contributed by atoms with Gasteiger partial charge in [0, 0.05) is 25.7 Å². The minimum atomic E-state index is -0.340. The zero-order valence-corrected chi connectivity index (χ0v) is 26.4. The van der Waals surface area contributed by atoms with Gasteiger partial charge in [0.1, 0.15) is 5.52 Å². The maximum atomic E-state index is 13.7. The van der Waals surface area contributed by atoms with Crippen molar-refractivity contribution in [2.45, 2.75) is 64.6 Å². The zero-order valence-electron chi connectivity index (χ0n) is 26.4. The van der Waals surface area contributed by atoms with Gasteiger partial charge in [0.2, 0.25) is 5.91 Å². The second kappa shape index (κ2) is 15.7. The van der Waals surface area contributed by atoms with Crippen molar-refractivity contribution >= 4 is 28.9 Å². The summed E-state index contributed by atoms with van der Waals surface area (Å²) in [6.07, 6.45) is 4.59. The number of nitrogens with zero attached hydrogens (tertiary/aromatic N) is 6. The fraction of sp³-hybridized carbons (Fsp3) is 0.581. The molecule has 3 aromatic rings. The van der Waals surface area contributed by atoms with Crippen LogP contribution in [0.5, 0.6) is 6.01 Å². The highest BCUT2D eigenvalue weighted by Crippen LogP contribution is 2.19. The number of aromatic nitrogens is 4. The molecule has 1 fully saturated rings. The number of aromatic amines is 1. The third-order valence-corrected chi connectivity index (χ3v) is 8.19. The molecule has 0 radical (unpaired) electrons. The van der Waals surface area contributed by atoms with E-state index < -0.39 is 0 Å². The smallest absolute Gasteiger partial charge is 0.327 e. The highest BCUT2D eigenvalue weighted by atomic mass is 16.5. The number of anilines is 1. The number of likely N-dealkylation sites (tertiary alicyclic amines) is 1. The molecular formula is C31H46N8O5. The van der Waals surface area contributed by atoms with Crippen molar-refractivity contribution in [3.8, 4) is 6.01 Å². The highest BCUT2D eigenvalue weighted by Gasteiger charge is 2.24. The van der Waals surface area contributed by atoms with Gasteiger partial charge in [-0.2, -0.15) is 9.97 Å². The Bertz CT molecular complexity index is 1450. The number of rotatable bonds is 15. The highest BCUT2D eigenvalue weighted by molar-refractivity contribution is 5.82. The van der Waals surface area contributed by atoms with E-state index in [1.54, 1.807) is 0 Å². The van der Waals surface area contributed by atoms with Crippen LogP contribution in [0, 0.1) is 0 Å². The number of methoxy groups -OCH3 is 1. The third kappa shape index (κ3) is 8.79. The van der Waals surface area contributed by atoms with Crippen LogP contribution in [-0.2, 0) is 33.8 Å². The summed E-state index contributed by atoms with van der Waals surface area (Å²) in [6.45, 7) is 6.04. The maximum absolute atomic E-state index is 13.7. The van der Waals surface area contributed by atoms with Gasteiger partial charge < -0.3 is 30.0 Å². The number of carbonyl (C=O) groups is 2. The number of aryl methyl sites for hydroxylation is 1. The van der Waals surface area contributed by atoms with Crippen LogP contribution in [-0.4, -0.2) is 106 Å². The van der Waals surface area contributed by atoms with Gasteiger partial charge in [-0.05, 0) is 64.0 Å². The standard InChI is InChI=1S/C31H46N8O5/c1-5-6-18-44-30-34-28(32)27-29(35-30)39(31(42)33-27)15-7-14-38(20-23-10-8-22(9-11-23)19-26(41)43-4)25(40)21-37(3)24-12-16-36(2)17-13-24/h8-11,24H,5-7,12-21H2,1-4H3,(H,33,42)(H2,32,34,35). The van der Waals surface area contributed by atoms with Gasteiger partial charge in [-0.1, -0.05) is 37.6 Å². The van der Waals surface area contributed by atoms with E-state index in [-0.39, 0.29) is 35.8 Å². The van der Waals surface area contributed by atoms with Crippen LogP contribution in [0.3, 0.4) is 0 Å². The Morgan fingerprint density at radius 3 is 2.50 bits per heavy atom. The second-order valence-corrected chi connectivity index (χ2v) is 11.6. The summed E-state index contributed by atoms with van der Waals surface area (Å²) < 4.78 is 11.9. The lowest BCUT2D eigenvalue weighted by molar-refractivity contribution is -0.139. The van der Waals surface area contributed by atoms with Crippen LogP contribution in [0.4, 0.5) is 5.82 Å². The van der Waals surface area contributed by atoms with E-state index in [1.807, 2.05) is 36.2 Å². The number of likely N-dealkylation sites (N-methyl/N-ethyl adjacent to an activating group) is 1. The van der Waals surface area contributed by atoms with Gasteiger partial charge in [-0.15, -0.1) is 0 Å². The predicted molar refractivity (Wildman–Crippen MR) is 168 cm³/mol. The number of ether oxygens (including phenoxy) is 2. The zero-order chi connectivity index (χ0) is 31.6. The van der Waals surface area contributed by atoms with E-state index in [0.29, 0.717) is 56.4 Å². The molecule has 240 valence electrons. The molecule has 1 aromatic carbocycles. The second-order valence-electron chi connectivity index (χ2n) is 11.6. The molecule has 44 heavy (non-hydrogen) atoms. The lowest BCUT2D eigenvalue weighted by Gasteiger charge is -2.35. The van der Waals surface area contributed by atoms with Gasteiger partial charge in [0.25, 0.3) is 0 Å². The number of carbonyl (C=O) groups excluding carboxylic acids is 2. The number of H-pyrrole nitrogens is 1. The molecule has 0 atom stereocenters. The first-order chi connectivity index (χ1) is 21.2. The molecule has 1 saturated heterocycles. The molecule has 4 rings (SSSR count). The number of piperidine rings is 1. The first-order valence-corrected chi connectivity index (χ1v) is 15.4. The molecule has 1 aliphatic rings. The third-order valence-electron chi connectivity index (χ3n) is 8.19. The van der Waals surface area contributed by atoms with Crippen LogP contribution < -0.4 is 16.2 Å². The first-order valence-electron chi connectivity index (χ1n) is 15.4. The predicted octanol–water partition coefficient (Wildman–Crippen LogP) is 2.04. The number of hydrogen-bond acceptors (Lipinski definition) is 10. The molecule has 13 heteroatoms. The molecule has 2 aromatic heterocycles. The topological polar surface area (TPSA) is 152 Å². The van der Waals surface area contributed by atoms with Crippen molar-refractivity contribution in [2.24, 2.45) is 0 Å². The number of amides is 1. The number of benzene rings is 1. The fourth-order valence-corrected chi connectivity index (χ4v) is 5.42. The van der Waals surface area contributed by atoms with Crippen LogP contribution in [0.15, 0.2) is 29.1 Å². The van der Waals surface area contributed by atoms with Gasteiger partial charge in [0.05, 0.1) is 26.7 Å². The summed E-state index contributed by atoms with van der Waals surface area (Å²) >= 11 is 0. The lowest BCUT2D eigenvalue weighted by atomic mass is 10.0. The lowest BCUT2D eigenvalue weighted by Crippen LogP contribution is -2.46. The van der Waals surface area contributed by atoms with Crippen molar-refractivity contribution in [1.82, 2.24) is 34.2 Å². The Morgan fingerprint density at radius 1 is 1.11 bits per heavy atom. The van der Waals surface area contributed by atoms with Gasteiger partial charge >= 0.3 is 17.7 Å². The summed E-state index contributed by atoms with van der Waals surface area (Å²) in [4.78, 5) is 55.9. The van der Waals surface area contributed by atoms with Crippen LogP contribution >= 0.6 is 0 Å². The molecule has 0 bridgehead atoms. The van der Waals surface area contributed by atoms with E-state index >= 15 is 0 Å². The Balaban J connectivity index is 1.47. The van der Waals surface area contributed by atoms with E-state index in [2.05, 4.69) is 38.7 Å². The van der Waals surface area contributed by atoms with Crippen molar-refractivity contribution in [3.63, 3.8) is 0 Å². The number of imidazole rings is 1. The van der Waals surface area contributed by atoms with E-state index in [4.69, 9.17) is 15.2 Å². The number of hydrogen-bond donors (Lipinski definition) is 2. The average molecular weight is 611 g/mol. The molecule has 3 N–H and O–H groups in total. The number of fused-ring (bicyclic) bond motifs is 1. The largest absolute Gasteiger partial charge is 0.469 e. The van der Waals surface area contributed by atoms with E-state index in [9.17, 15) is 14.4 Å². The normalized spacial score (nSPS) is 14.3. The number of nitrogens with one attached hydrogen (secondary N) is 1. The van der Waals surface area contributed by atoms with Crippen molar-refractivity contribution in [3.05, 3.63) is 45.9 Å². The summed E-state index contributed by atoms with van der Waals surface area (Å²) in [6, 6.07) is 8.13. The van der Waals surface area contributed by atoms with Crippen molar-refractivity contribution in [2.75, 3.05) is 59.7 Å². The summed E-state index contributed by atoms with van der Waals surface area (Å²) in [5, 5.41) is 0. The summed E-state index contributed by atoms with van der Waals surface area (Å²) in [5.41, 5.74) is 8.32. The van der Waals surface area contributed by atoms with Crippen LogP contribution in [0.25, 0.3) is 11.2 Å². The molecule has 13 nitrogen and oxygen atoms in total. The number of nitrogens with two attached hydrogens (primary N) is 1. The van der Waals surface area contributed by atoms with Crippen LogP contribution in [0.1, 0.15) is 50.2 Å². The molecular weight excluding hydrogens is 564 g/mol. The van der Waals surface area contributed by atoms with Gasteiger partial charge in [-0.3, -0.25) is 19.1 Å². The molecule has 0 aliphatic carbocycles. The van der Waals surface area contributed by atoms with E-state index in [0.717, 1.165) is 49.9 Å². The fourth-order valence-electron chi connectivity index (χ4n) is 5.42. The first kappa shape index (κ1) is 32.9. The van der Waals surface area contributed by atoms with Crippen LogP contribution in [0.2, 0.25) is 0 Å². The Morgan fingerprint density at radius 2 is 1.82 bits per heavy atom. The Labute approximate surface area is 258 Å².